The maximum absolute atomic E-state index is 13.0. The van der Waals surface area contributed by atoms with Crippen molar-refractivity contribution in [3.63, 3.8) is 0 Å². The molecule has 0 aliphatic carbocycles. The van der Waals surface area contributed by atoms with Crippen molar-refractivity contribution >= 4 is 41.3 Å². The molecule has 2 fully saturated rings. The zero-order chi connectivity index (χ0) is 23.0. The lowest BCUT2D eigenvalue weighted by Crippen LogP contribution is -2.83. The number of methoxy groups -OCH3 is 1. The number of ether oxygens (including phenoxy) is 1. The van der Waals surface area contributed by atoms with E-state index in [0.717, 1.165) is 11.8 Å². The number of nitrogens with one attached hydrogen (secondary N) is 1. The Balaban J connectivity index is 1.85. The van der Waals surface area contributed by atoms with Gasteiger partial charge in [0.25, 0.3) is 11.6 Å². The summed E-state index contributed by atoms with van der Waals surface area (Å²) in [4.78, 5) is 62.9. The molecule has 11 heteroatoms. The Labute approximate surface area is 181 Å². The number of nitrogens with zero attached hydrogens (tertiary/aromatic N) is 1. The van der Waals surface area contributed by atoms with E-state index in [1.54, 1.807) is 25.1 Å². The van der Waals surface area contributed by atoms with Crippen LogP contribution in [0.3, 0.4) is 0 Å². The van der Waals surface area contributed by atoms with Crippen molar-refractivity contribution < 1.29 is 38.9 Å². The minimum Gasteiger partial charge on any atom is -0.480 e. The summed E-state index contributed by atoms with van der Waals surface area (Å²) in [5.41, 5.74) is -3.34. The molecule has 0 bridgehead atoms. The number of benzene rings is 1. The molecule has 1 aromatic carbocycles. The third-order valence-electron chi connectivity index (χ3n) is 5.67. The number of aliphatic carboxylic acids is 2. The fourth-order valence-corrected chi connectivity index (χ4v) is 5.57. The van der Waals surface area contributed by atoms with Crippen molar-refractivity contribution in [2.24, 2.45) is 5.41 Å². The van der Waals surface area contributed by atoms with E-state index < -0.39 is 52.0 Å². The summed E-state index contributed by atoms with van der Waals surface area (Å²) in [7, 11) is 1.20. The van der Waals surface area contributed by atoms with Gasteiger partial charge in [-0.15, -0.1) is 11.8 Å². The quantitative estimate of drug-likeness (QED) is 0.288. The molecule has 2 aliphatic rings. The Morgan fingerprint density at radius 1 is 1.26 bits per heavy atom. The normalized spacial score (nSPS) is 28.1. The van der Waals surface area contributed by atoms with Crippen LogP contribution in [0.25, 0.3) is 0 Å². The Morgan fingerprint density at radius 3 is 2.42 bits per heavy atom. The standard InChI is InChI=1S/C20H22N2O8S/c1-3-12(23)19(18(28)29)9-22-16(27)20(30-2,17(22)31-10-19)21-14(24)13(15(25)26)11-7-5-4-6-8-11/h4-8,13,17H,3,9-10H2,1-2H3,(H,21,24)(H,25,26)(H,28,29)/t13?,17-,19?,20?/m1/s1. The van der Waals surface area contributed by atoms with Gasteiger partial charge in [-0.05, 0) is 5.56 Å². The third-order valence-corrected chi connectivity index (χ3v) is 7.24. The van der Waals surface area contributed by atoms with Crippen molar-refractivity contribution in [2.75, 3.05) is 19.4 Å². The molecule has 0 aromatic heterocycles. The highest BCUT2D eigenvalue weighted by atomic mass is 32.2. The molecule has 4 atom stereocenters. The monoisotopic (exact) mass is 450 g/mol. The molecule has 2 heterocycles. The number of fused-ring (bicyclic) bond motifs is 1. The van der Waals surface area contributed by atoms with E-state index in [0.29, 0.717) is 0 Å². The number of amides is 2. The van der Waals surface area contributed by atoms with Gasteiger partial charge < -0.3 is 25.2 Å². The lowest BCUT2D eigenvalue weighted by atomic mass is 9.81. The Bertz CT molecular complexity index is 938. The Kier molecular flexibility index (Phi) is 6.10. The highest BCUT2D eigenvalue weighted by Gasteiger charge is 2.68. The van der Waals surface area contributed by atoms with Gasteiger partial charge >= 0.3 is 11.9 Å². The van der Waals surface area contributed by atoms with Gasteiger partial charge in [0.1, 0.15) is 5.37 Å². The van der Waals surface area contributed by atoms with Crippen molar-refractivity contribution in [1.82, 2.24) is 10.2 Å². The van der Waals surface area contributed by atoms with Crippen LogP contribution in [0.15, 0.2) is 30.3 Å². The second kappa shape index (κ2) is 8.31. The van der Waals surface area contributed by atoms with Crippen LogP contribution in [-0.4, -0.2) is 75.2 Å². The molecule has 31 heavy (non-hydrogen) atoms. The largest absolute Gasteiger partial charge is 0.480 e. The molecule has 0 radical (unpaired) electrons. The van der Waals surface area contributed by atoms with Crippen LogP contribution in [0.4, 0.5) is 0 Å². The number of carboxylic acids is 2. The molecule has 3 N–H and O–H groups in total. The average Bonchev–Trinajstić information content (AvgIpc) is 2.76. The van der Waals surface area contributed by atoms with Crippen LogP contribution in [0, 0.1) is 5.41 Å². The van der Waals surface area contributed by atoms with E-state index in [9.17, 15) is 34.2 Å². The minimum atomic E-state index is -1.84. The van der Waals surface area contributed by atoms with Gasteiger partial charge in [0.15, 0.2) is 17.1 Å². The van der Waals surface area contributed by atoms with Crippen molar-refractivity contribution in [3.8, 4) is 0 Å². The number of hydrogen-bond acceptors (Lipinski definition) is 7. The van der Waals surface area contributed by atoms with Gasteiger partial charge in [-0.2, -0.15) is 0 Å². The first-order chi connectivity index (χ1) is 14.6. The SMILES string of the molecule is CCC(=O)C1(C(=O)O)CS[C@H]2N(C1)C(=O)C2(NC(=O)C(C(=O)O)c1ccccc1)OC. The summed E-state index contributed by atoms with van der Waals surface area (Å²) in [6.07, 6.45) is 0.00306. The van der Waals surface area contributed by atoms with Gasteiger partial charge in [-0.3, -0.25) is 24.0 Å². The van der Waals surface area contributed by atoms with Gasteiger partial charge in [0.05, 0.1) is 0 Å². The predicted octanol–water partition coefficient (Wildman–Crippen LogP) is 0.279. The molecular weight excluding hydrogens is 428 g/mol. The Hall–Kier alpha value is -2.92. The second-order valence-corrected chi connectivity index (χ2v) is 8.44. The van der Waals surface area contributed by atoms with Crippen LogP contribution < -0.4 is 5.32 Å². The van der Waals surface area contributed by atoms with E-state index in [-0.39, 0.29) is 24.3 Å². The highest BCUT2D eigenvalue weighted by Crippen LogP contribution is 2.48. The fourth-order valence-electron chi connectivity index (χ4n) is 3.92. The molecule has 1 aromatic rings. The molecule has 3 rings (SSSR count). The lowest BCUT2D eigenvalue weighted by Gasteiger charge is -2.58. The maximum atomic E-state index is 13.0. The van der Waals surface area contributed by atoms with Gasteiger partial charge in [0, 0.05) is 25.8 Å². The van der Waals surface area contributed by atoms with Crippen molar-refractivity contribution in [2.45, 2.75) is 30.4 Å². The molecule has 0 saturated carbocycles. The smallest absolute Gasteiger partial charge is 0.320 e. The average molecular weight is 450 g/mol. The fraction of sp³-hybridized carbons (Fsp3) is 0.450. The molecule has 2 aliphatic heterocycles. The second-order valence-electron chi connectivity index (χ2n) is 7.37. The summed E-state index contributed by atoms with van der Waals surface area (Å²) in [6.45, 7) is 1.21. The minimum absolute atomic E-state index is 0.00306. The van der Waals surface area contributed by atoms with E-state index in [1.165, 1.54) is 24.1 Å². The van der Waals surface area contributed by atoms with Crippen molar-refractivity contribution in [3.05, 3.63) is 35.9 Å². The van der Waals surface area contributed by atoms with Crippen LogP contribution in [0.1, 0.15) is 24.8 Å². The molecular formula is C20H22N2O8S. The van der Waals surface area contributed by atoms with Crippen LogP contribution in [0.5, 0.6) is 0 Å². The first-order valence-electron chi connectivity index (χ1n) is 9.49. The number of carbonyl (C=O) groups excluding carboxylic acids is 3. The topological polar surface area (TPSA) is 150 Å². The predicted molar refractivity (Wildman–Crippen MR) is 108 cm³/mol. The summed E-state index contributed by atoms with van der Waals surface area (Å²) >= 11 is 1.00. The van der Waals surface area contributed by atoms with Gasteiger partial charge in [-0.1, -0.05) is 37.3 Å². The molecule has 2 saturated heterocycles. The zero-order valence-electron chi connectivity index (χ0n) is 16.9. The number of Topliss-reactive ketones (excluding diaryl/α,β-unsaturated/α-hetero) is 1. The summed E-state index contributed by atoms with van der Waals surface area (Å²) < 4.78 is 5.34. The van der Waals surface area contributed by atoms with Gasteiger partial charge in [0.2, 0.25) is 5.91 Å². The number of ketones is 1. The lowest BCUT2D eigenvalue weighted by molar-refractivity contribution is -0.201. The molecule has 10 nitrogen and oxygen atoms in total. The molecule has 3 unspecified atom stereocenters. The number of carbonyl (C=O) groups is 5. The first kappa shape index (κ1) is 22.8. The number of hydrogen-bond donors (Lipinski definition) is 3. The first-order valence-corrected chi connectivity index (χ1v) is 10.5. The van der Waals surface area contributed by atoms with Crippen LogP contribution >= 0.6 is 11.8 Å². The van der Waals surface area contributed by atoms with E-state index >= 15 is 0 Å². The number of rotatable bonds is 8. The Morgan fingerprint density at radius 2 is 1.90 bits per heavy atom. The number of β-lactam (4-membered cyclic amide) rings is 1. The van der Waals surface area contributed by atoms with Crippen LogP contribution in [-0.2, 0) is 28.7 Å². The molecule has 2 amide bonds. The molecule has 0 spiro atoms. The summed E-state index contributed by atoms with van der Waals surface area (Å²) in [5.74, 6) is -6.54. The molecule has 166 valence electrons. The van der Waals surface area contributed by atoms with E-state index in [1.807, 2.05) is 0 Å². The number of carboxylic acid groups (broad SMARTS) is 2. The third kappa shape index (κ3) is 3.47. The number of thioether (sulfide) groups is 1. The maximum Gasteiger partial charge on any atom is 0.320 e. The van der Waals surface area contributed by atoms with E-state index in [4.69, 9.17) is 4.74 Å². The summed E-state index contributed by atoms with van der Waals surface area (Å²) in [6, 6.07) is 7.83. The highest BCUT2D eigenvalue weighted by molar-refractivity contribution is 8.00. The summed E-state index contributed by atoms with van der Waals surface area (Å²) in [5, 5.41) is 20.9. The van der Waals surface area contributed by atoms with Crippen LogP contribution in [0.2, 0.25) is 0 Å². The van der Waals surface area contributed by atoms with E-state index in [2.05, 4.69) is 5.32 Å². The van der Waals surface area contributed by atoms with Gasteiger partial charge in [-0.25, -0.2) is 0 Å². The zero-order valence-corrected chi connectivity index (χ0v) is 17.7. The van der Waals surface area contributed by atoms with Crippen molar-refractivity contribution in [1.29, 1.82) is 0 Å².